The molecular formula is C55H35NO. The Labute approximate surface area is 331 Å². The first-order valence-electron chi connectivity index (χ1n) is 19.7. The first kappa shape index (κ1) is 31.9. The zero-order valence-corrected chi connectivity index (χ0v) is 31.1. The average Bonchev–Trinajstić information content (AvgIpc) is 3.91. The highest BCUT2D eigenvalue weighted by Crippen LogP contribution is 2.63. The number of furan rings is 1. The van der Waals surface area contributed by atoms with Crippen molar-refractivity contribution in [2.75, 3.05) is 4.90 Å². The van der Waals surface area contributed by atoms with Gasteiger partial charge in [-0.3, -0.25) is 0 Å². The summed E-state index contributed by atoms with van der Waals surface area (Å²) in [7, 11) is 0. The maximum absolute atomic E-state index is 6.54. The van der Waals surface area contributed by atoms with Gasteiger partial charge in [0.2, 0.25) is 0 Å². The molecule has 1 aromatic heterocycles. The van der Waals surface area contributed by atoms with E-state index in [1.807, 2.05) is 6.07 Å². The summed E-state index contributed by atoms with van der Waals surface area (Å²) >= 11 is 0. The van der Waals surface area contributed by atoms with Crippen molar-refractivity contribution in [2.45, 2.75) is 5.41 Å². The van der Waals surface area contributed by atoms with Crippen LogP contribution in [0, 0.1) is 0 Å². The van der Waals surface area contributed by atoms with Gasteiger partial charge in [0, 0.05) is 33.4 Å². The number of anilines is 3. The van der Waals surface area contributed by atoms with Gasteiger partial charge in [-0.2, -0.15) is 0 Å². The lowest BCUT2D eigenvalue weighted by molar-refractivity contribution is 0.670. The van der Waals surface area contributed by atoms with Gasteiger partial charge in [0.15, 0.2) is 0 Å². The number of rotatable bonds is 5. The third-order valence-corrected chi connectivity index (χ3v) is 12.3. The van der Waals surface area contributed by atoms with Crippen LogP contribution >= 0.6 is 0 Å². The summed E-state index contributed by atoms with van der Waals surface area (Å²) in [5.41, 5.74) is 19.7. The van der Waals surface area contributed by atoms with Gasteiger partial charge >= 0.3 is 0 Å². The number of para-hydroxylation sites is 2. The molecule has 2 heteroatoms. The van der Waals surface area contributed by atoms with E-state index in [9.17, 15) is 0 Å². The summed E-state index contributed by atoms with van der Waals surface area (Å²) in [6.45, 7) is 0. The fraction of sp³-hybridized carbons (Fsp3) is 0.0182. The number of nitrogens with zero attached hydrogens (tertiary/aromatic N) is 1. The second-order valence-electron chi connectivity index (χ2n) is 15.2. The normalized spacial score (nSPS) is 13.1. The summed E-state index contributed by atoms with van der Waals surface area (Å²) < 4.78 is 6.54. The molecule has 2 aliphatic carbocycles. The van der Waals surface area contributed by atoms with Gasteiger partial charge < -0.3 is 9.32 Å². The van der Waals surface area contributed by atoms with Crippen molar-refractivity contribution in [3.63, 3.8) is 0 Å². The van der Waals surface area contributed by atoms with Gasteiger partial charge in [0.1, 0.15) is 11.2 Å². The van der Waals surface area contributed by atoms with E-state index in [1.54, 1.807) is 0 Å². The Balaban J connectivity index is 1.08. The Hall–Kier alpha value is -7.42. The van der Waals surface area contributed by atoms with Crippen LogP contribution in [0.25, 0.3) is 66.4 Å². The lowest BCUT2D eigenvalue weighted by Crippen LogP contribution is -2.26. The monoisotopic (exact) mass is 725 g/mol. The van der Waals surface area contributed by atoms with E-state index in [2.05, 4.69) is 211 Å². The number of hydrogen-bond donors (Lipinski definition) is 0. The molecule has 1 spiro atoms. The van der Waals surface area contributed by atoms with Crippen LogP contribution in [0.15, 0.2) is 217 Å². The van der Waals surface area contributed by atoms with Crippen molar-refractivity contribution >= 4 is 39.0 Å². The van der Waals surface area contributed by atoms with Gasteiger partial charge in [-0.1, -0.05) is 170 Å². The minimum Gasteiger partial charge on any atom is -0.455 e. The molecule has 9 aromatic carbocycles. The van der Waals surface area contributed by atoms with Crippen molar-refractivity contribution < 1.29 is 4.42 Å². The Morgan fingerprint density at radius 1 is 0.316 bits per heavy atom. The molecule has 1 heterocycles. The molecule has 0 fully saturated rings. The predicted molar refractivity (Wildman–Crippen MR) is 236 cm³/mol. The zero-order chi connectivity index (χ0) is 37.5. The van der Waals surface area contributed by atoms with Crippen LogP contribution in [0.5, 0.6) is 0 Å². The molecule has 12 rings (SSSR count). The van der Waals surface area contributed by atoms with Crippen molar-refractivity contribution in [3.8, 4) is 44.5 Å². The summed E-state index contributed by atoms with van der Waals surface area (Å²) in [4.78, 5) is 2.42. The lowest BCUT2D eigenvalue weighted by Gasteiger charge is -2.32. The standard InChI is InChI=1S/C55H35NO/c1-2-14-36(15-3-1)37-28-30-39(31-29-37)56(40-17-12-16-38(34-40)42-22-13-23-48-47-21-7-11-27-53(47)57-54(42)48)41-32-33-46-45-20-6-10-26-51(45)55(52(46)35-41)49-24-8-4-18-43(49)44-19-5-9-25-50(44)55/h1-35H. The van der Waals surface area contributed by atoms with Gasteiger partial charge in [-0.05, 0) is 104 Å². The minimum atomic E-state index is -0.434. The molecular weight excluding hydrogens is 691 g/mol. The van der Waals surface area contributed by atoms with Crippen LogP contribution in [-0.4, -0.2) is 0 Å². The largest absolute Gasteiger partial charge is 0.455 e. The first-order valence-corrected chi connectivity index (χ1v) is 19.7. The van der Waals surface area contributed by atoms with E-state index in [0.29, 0.717) is 0 Å². The molecule has 57 heavy (non-hydrogen) atoms. The van der Waals surface area contributed by atoms with E-state index in [-0.39, 0.29) is 0 Å². The van der Waals surface area contributed by atoms with E-state index < -0.39 is 5.41 Å². The van der Waals surface area contributed by atoms with E-state index in [4.69, 9.17) is 4.42 Å². The van der Waals surface area contributed by atoms with Crippen LogP contribution in [-0.2, 0) is 5.41 Å². The van der Waals surface area contributed by atoms with Crippen molar-refractivity contribution in [1.82, 2.24) is 0 Å². The minimum absolute atomic E-state index is 0.434. The maximum Gasteiger partial charge on any atom is 0.143 e. The predicted octanol–water partition coefficient (Wildman–Crippen LogP) is 14.7. The topological polar surface area (TPSA) is 16.4 Å². The molecule has 0 saturated carbocycles. The molecule has 2 aliphatic rings. The molecule has 266 valence electrons. The second kappa shape index (κ2) is 12.3. The van der Waals surface area contributed by atoms with Gasteiger partial charge in [0.25, 0.3) is 0 Å². The summed E-state index contributed by atoms with van der Waals surface area (Å²) in [5, 5.41) is 2.26. The Kier molecular flexibility index (Phi) is 6.88. The highest BCUT2D eigenvalue weighted by atomic mass is 16.3. The highest BCUT2D eigenvalue weighted by Gasteiger charge is 2.51. The fourth-order valence-corrected chi connectivity index (χ4v) is 9.89. The van der Waals surface area contributed by atoms with Crippen molar-refractivity contribution in [3.05, 3.63) is 235 Å². The molecule has 0 N–H and O–H groups in total. The summed E-state index contributed by atoms with van der Waals surface area (Å²) in [5.74, 6) is 0. The van der Waals surface area contributed by atoms with Crippen molar-refractivity contribution in [1.29, 1.82) is 0 Å². The van der Waals surface area contributed by atoms with Gasteiger partial charge in [0.05, 0.1) is 5.41 Å². The second-order valence-corrected chi connectivity index (χ2v) is 15.2. The fourth-order valence-electron chi connectivity index (χ4n) is 9.89. The molecule has 0 amide bonds. The quantitative estimate of drug-likeness (QED) is 0.176. The molecule has 0 bridgehead atoms. The van der Waals surface area contributed by atoms with Gasteiger partial charge in [-0.25, -0.2) is 0 Å². The summed E-state index contributed by atoms with van der Waals surface area (Å²) in [6, 6.07) is 77.5. The average molecular weight is 726 g/mol. The maximum atomic E-state index is 6.54. The lowest BCUT2D eigenvalue weighted by atomic mass is 9.70. The third-order valence-electron chi connectivity index (χ3n) is 12.3. The number of benzene rings is 9. The van der Waals surface area contributed by atoms with Crippen LogP contribution in [0.2, 0.25) is 0 Å². The highest BCUT2D eigenvalue weighted by molar-refractivity contribution is 6.09. The Morgan fingerprint density at radius 3 is 1.54 bits per heavy atom. The molecule has 0 unspecified atom stereocenters. The van der Waals surface area contributed by atoms with E-state index >= 15 is 0 Å². The van der Waals surface area contributed by atoms with Crippen LogP contribution in [0.4, 0.5) is 17.1 Å². The third kappa shape index (κ3) is 4.59. The number of hydrogen-bond acceptors (Lipinski definition) is 2. The molecule has 10 aromatic rings. The molecule has 0 atom stereocenters. The molecule has 0 saturated heterocycles. The van der Waals surface area contributed by atoms with Crippen LogP contribution in [0.1, 0.15) is 22.3 Å². The molecule has 2 nitrogen and oxygen atoms in total. The Bertz CT molecular complexity index is 3130. The van der Waals surface area contributed by atoms with E-state index in [1.165, 1.54) is 55.6 Å². The van der Waals surface area contributed by atoms with Crippen LogP contribution < -0.4 is 4.90 Å². The molecule has 0 radical (unpaired) electrons. The zero-order valence-electron chi connectivity index (χ0n) is 31.1. The van der Waals surface area contributed by atoms with E-state index in [0.717, 1.165) is 50.1 Å². The SMILES string of the molecule is c1ccc(-c2ccc(N(c3cccc(-c4cccc5c4oc4ccccc45)c3)c3ccc4c(c3)C3(c5ccccc5-c5ccccc53)c3ccccc3-4)cc2)cc1. The van der Waals surface area contributed by atoms with Crippen LogP contribution in [0.3, 0.4) is 0 Å². The summed E-state index contributed by atoms with van der Waals surface area (Å²) in [6.07, 6.45) is 0. The van der Waals surface area contributed by atoms with Gasteiger partial charge in [-0.15, -0.1) is 0 Å². The smallest absolute Gasteiger partial charge is 0.143 e. The van der Waals surface area contributed by atoms with Crippen molar-refractivity contribution in [2.24, 2.45) is 0 Å². The number of fused-ring (bicyclic) bond motifs is 13. The molecule has 0 aliphatic heterocycles. The first-order chi connectivity index (χ1) is 28.3. The Morgan fingerprint density at radius 2 is 0.825 bits per heavy atom.